The van der Waals surface area contributed by atoms with E-state index in [4.69, 9.17) is 4.74 Å². The van der Waals surface area contributed by atoms with Crippen molar-refractivity contribution >= 4 is 17.3 Å². The summed E-state index contributed by atoms with van der Waals surface area (Å²) in [6.07, 6.45) is 0. The Hall–Kier alpha value is -1.11. The smallest absolute Gasteiger partial charge is 0.143 e. The van der Waals surface area contributed by atoms with Crippen LogP contribution in [0, 0.1) is 0 Å². The van der Waals surface area contributed by atoms with Crippen molar-refractivity contribution in [2.45, 2.75) is 27.7 Å². The third-order valence-corrected chi connectivity index (χ3v) is 2.83. The van der Waals surface area contributed by atoms with Crippen LogP contribution in [0.4, 0.5) is 0 Å². The van der Waals surface area contributed by atoms with Gasteiger partial charge in [-0.1, -0.05) is 0 Å². The highest BCUT2D eigenvalue weighted by Crippen LogP contribution is 1.95. The van der Waals surface area contributed by atoms with Crippen LogP contribution < -0.4 is 0 Å². The molecule has 122 valence electrons. The van der Waals surface area contributed by atoms with E-state index in [9.17, 15) is 14.4 Å². The van der Waals surface area contributed by atoms with Gasteiger partial charge in [0.05, 0.1) is 26.2 Å². The molecule has 6 nitrogen and oxygen atoms in total. The fourth-order valence-electron chi connectivity index (χ4n) is 2.05. The third kappa shape index (κ3) is 12.3. The summed E-state index contributed by atoms with van der Waals surface area (Å²) in [4.78, 5) is 37.5. The van der Waals surface area contributed by atoms with E-state index in [2.05, 4.69) is 0 Å². The second-order valence-corrected chi connectivity index (χ2v) is 5.29. The summed E-state index contributed by atoms with van der Waals surface area (Å²) in [6, 6.07) is 0. The molecule has 0 N–H and O–H groups in total. The van der Waals surface area contributed by atoms with E-state index in [1.54, 1.807) is 6.92 Å². The van der Waals surface area contributed by atoms with Gasteiger partial charge in [-0.25, -0.2) is 0 Å². The molecule has 0 aliphatic rings. The fourth-order valence-corrected chi connectivity index (χ4v) is 2.05. The molecule has 0 aromatic carbocycles. The molecule has 6 heteroatoms. The van der Waals surface area contributed by atoms with Gasteiger partial charge in [0.1, 0.15) is 17.3 Å². The van der Waals surface area contributed by atoms with Gasteiger partial charge in [0.25, 0.3) is 0 Å². The number of rotatable bonds is 13. The second kappa shape index (κ2) is 11.5. The zero-order valence-corrected chi connectivity index (χ0v) is 13.7. The van der Waals surface area contributed by atoms with Crippen molar-refractivity contribution in [1.82, 2.24) is 9.80 Å². The molecule has 0 unspecified atom stereocenters. The van der Waals surface area contributed by atoms with Crippen LogP contribution in [0.3, 0.4) is 0 Å². The Balaban J connectivity index is 4.38. The van der Waals surface area contributed by atoms with Gasteiger partial charge in [-0.05, 0) is 27.7 Å². The molecule has 0 atom stereocenters. The SMILES string of the molecule is CCOCCN(CCN(CC(C)=O)CC(C)=O)CC(C)=O. The van der Waals surface area contributed by atoms with Crippen LogP contribution in [-0.2, 0) is 19.1 Å². The highest BCUT2D eigenvalue weighted by Gasteiger charge is 2.13. The average molecular weight is 300 g/mol. The number of Topliss-reactive ketones (excluding diaryl/α,β-unsaturated/α-hetero) is 3. The van der Waals surface area contributed by atoms with Crippen LogP contribution in [0.1, 0.15) is 27.7 Å². The standard InChI is InChI=1S/C15H28N2O4/c1-5-21-9-8-16(10-13(2)18)6-7-17(11-14(3)19)12-15(4)20/h5-12H2,1-4H3. The van der Waals surface area contributed by atoms with Crippen LogP contribution in [0.2, 0.25) is 0 Å². The largest absolute Gasteiger partial charge is 0.380 e. The molecule has 0 amide bonds. The lowest BCUT2D eigenvalue weighted by Gasteiger charge is -2.25. The van der Waals surface area contributed by atoms with Gasteiger partial charge >= 0.3 is 0 Å². The summed E-state index contributed by atoms with van der Waals surface area (Å²) in [7, 11) is 0. The number of ether oxygens (including phenoxy) is 1. The molecular formula is C15H28N2O4. The van der Waals surface area contributed by atoms with Crippen molar-refractivity contribution in [3.8, 4) is 0 Å². The molecule has 0 radical (unpaired) electrons. The third-order valence-electron chi connectivity index (χ3n) is 2.83. The Kier molecular flexibility index (Phi) is 10.9. The van der Waals surface area contributed by atoms with Crippen LogP contribution in [0.5, 0.6) is 0 Å². The first-order chi connectivity index (χ1) is 9.85. The van der Waals surface area contributed by atoms with E-state index < -0.39 is 0 Å². The minimum Gasteiger partial charge on any atom is -0.380 e. The van der Waals surface area contributed by atoms with Crippen molar-refractivity contribution in [3.63, 3.8) is 0 Å². The monoisotopic (exact) mass is 300 g/mol. The first-order valence-electron chi connectivity index (χ1n) is 7.35. The van der Waals surface area contributed by atoms with Gasteiger partial charge in [-0.2, -0.15) is 0 Å². The first kappa shape index (κ1) is 19.9. The second-order valence-electron chi connectivity index (χ2n) is 5.29. The molecule has 0 saturated carbocycles. The number of hydrogen-bond acceptors (Lipinski definition) is 6. The molecule has 21 heavy (non-hydrogen) atoms. The lowest BCUT2D eigenvalue weighted by Crippen LogP contribution is -2.42. The Labute approximate surface area is 127 Å². The predicted molar refractivity (Wildman–Crippen MR) is 81.4 cm³/mol. The molecule has 0 saturated heterocycles. The van der Waals surface area contributed by atoms with Crippen molar-refractivity contribution in [2.24, 2.45) is 0 Å². The summed E-state index contributed by atoms with van der Waals surface area (Å²) in [5.41, 5.74) is 0. The molecule has 0 aromatic rings. The quantitative estimate of drug-likeness (QED) is 0.459. The van der Waals surface area contributed by atoms with Crippen LogP contribution in [0.15, 0.2) is 0 Å². The van der Waals surface area contributed by atoms with E-state index in [0.717, 1.165) is 0 Å². The number of nitrogens with zero attached hydrogens (tertiary/aromatic N) is 2. The maximum atomic E-state index is 11.3. The maximum absolute atomic E-state index is 11.3. The van der Waals surface area contributed by atoms with Crippen LogP contribution in [-0.4, -0.2) is 79.6 Å². The number of ketones is 3. The van der Waals surface area contributed by atoms with Crippen molar-refractivity contribution < 1.29 is 19.1 Å². The Morgan fingerprint density at radius 1 is 0.762 bits per heavy atom. The highest BCUT2D eigenvalue weighted by molar-refractivity contribution is 5.80. The summed E-state index contributed by atoms with van der Waals surface area (Å²) >= 11 is 0. The lowest BCUT2D eigenvalue weighted by molar-refractivity contribution is -0.122. The van der Waals surface area contributed by atoms with Crippen LogP contribution in [0.25, 0.3) is 0 Å². The van der Waals surface area contributed by atoms with E-state index in [0.29, 0.717) is 39.4 Å². The van der Waals surface area contributed by atoms with E-state index in [1.165, 1.54) is 13.8 Å². The summed E-state index contributed by atoms with van der Waals surface area (Å²) < 4.78 is 5.31. The molecule has 0 bridgehead atoms. The highest BCUT2D eigenvalue weighted by atomic mass is 16.5. The predicted octanol–water partition coefficient (Wildman–Crippen LogP) is 0.394. The summed E-state index contributed by atoms with van der Waals surface area (Å²) in [5, 5.41) is 0. The minimum absolute atomic E-state index is 0.0312. The van der Waals surface area contributed by atoms with Crippen molar-refractivity contribution in [3.05, 3.63) is 0 Å². The summed E-state index contributed by atoms with van der Waals surface area (Å²) in [5.74, 6) is 0.156. The number of hydrogen-bond donors (Lipinski definition) is 0. The van der Waals surface area contributed by atoms with Gasteiger partial charge in [0, 0.05) is 26.2 Å². The van der Waals surface area contributed by atoms with Crippen LogP contribution >= 0.6 is 0 Å². The Bertz CT molecular complexity index is 329. The molecule has 0 aromatic heterocycles. The molecule has 0 rings (SSSR count). The van der Waals surface area contributed by atoms with Gasteiger partial charge < -0.3 is 4.74 Å². The van der Waals surface area contributed by atoms with E-state index >= 15 is 0 Å². The lowest BCUT2D eigenvalue weighted by atomic mass is 10.3. The number of carbonyl (C=O) groups excluding carboxylic acids is 3. The zero-order valence-electron chi connectivity index (χ0n) is 13.7. The normalized spacial score (nSPS) is 11.1. The molecule has 0 heterocycles. The molecule has 0 aliphatic carbocycles. The zero-order chi connectivity index (χ0) is 16.3. The van der Waals surface area contributed by atoms with Gasteiger partial charge in [-0.15, -0.1) is 0 Å². The molecule has 0 fully saturated rings. The maximum Gasteiger partial charge on any atom is 0.143 e. The van der Waals surface area contributed by atoms with Gasteiger partial charge in [-0.3, -0.25) is 24.2 Å². The molecule has 0 spiro atoms. The minimum atomic E-state index is 0.0312. The fraction of sp³-hybridized carbons (Fsp3) is 0.800. The Morgan fingerprint density at radius 2 is 1.19 bits per heavy atom. The summed E-state index contributed by atoms with van der Waals surface area (Å²) in [6.45, 7) is 10.5. The van der Waals surface area contributed by atoms with E-state index in [-0.39, 0.29) is 30.4 Å². The van der Waals surface area contributed by atoms with Crippen molar-refractivity contribution in [2.75, 3.05) is 52.5 Å². The number of carbonyl (C=O) groups is 3. The topological polar surface area (TPSA) is 66.9 Å². The molecule has 0 aliphatic heterocycles. The van der Waals surface area contributed by atoms with Gasteiger partial charge in [0.2, 0.25) is 0 Å². The average Bonchev–Trinajstić information content (AvgIpc) is 2.33. The van der Waals surface area contributed by atoms with Gasteiger partial charge in [0.15, 0.2) is 0 Å². The van der Waals surface area contributed by atoms with Crippen molar-refractivity contribution in [1.29, 1.82) is 0 Å². The molecular weight excluding hydrogens is 272 g/mol. The Morgan fingerprint density at radius 3 is 1.62 bits per heavy atom. The van der Waals surface area contributed by atoms with E-state index in [1.807, 2.05) is 16.7 Å². The first-order valence-corrected chi connectivity index (χ1v) is 7.35.